The van der Waals surface area contributed by atoms with E-state index in [9.17, 15) is 16.9 Å². The molecule has 6 rings (SSSR count). The van der Waals surface area contributed by atoms with Crippen LogP contribution in [0.1, 0.15) is 16.7 Å². The minimum atomic E-state index is -11.2. The number of pyridine rings is 1. The number of aromatic nitrogens is 1. The molecule has 0 saturated carbocycles. The van der Waals surface area contributed by atoms with Crippen LogP contribution in [0.4, 0.5) is 28.3 Å². The first-order valence-corrected chi connectivity index (χ1v) is 19.4. The fourth-order valence-corrected chi connectivity index (χ4v) is 6.26. The molecule has 1 aliphatic heterocycles. The number of hydrogen-bond donors (Lipinski definition) is 0. The summed E-state index contributed by atoms with van der Waals surface area (Å²) < 4.78 is 61.7. The molecule has 0 radical (unpaired) electrons. The average molecular weight is 773 g/mol. The minimum absolute atomic E-state index is 0.651. The van der Waals surface area contributed by atoms with Gasteiger partial charge in [0.2, 0.25) is 11.0 Å². The van der Waals surface area contributed by atoms with Crippen LogP contribution in [0.3, 0.4) is 0 Å². The van der Waals surface area contributed by atoms with Gasteiger partial charge in [-0.2, -0.15) is 4.57 Å². The molecule has 0 unspecified atom stereocenters. The molecule has 2 heterocycles. The molecule has 0 aliphatic carbocycles. The van der Waals surface area contributed by atoms with Crippen molar-refractivity contribution in [3.63, 3.8) is 0 Å². The number of benzene rings is 4. The Morgan fingerprint density at radius 1 is 0.619 bits per heavy atom. The van der Waals surface area contributed by atoms with Gasteiger partial charge in [0.05, 0.1) is 42.2 Å². The molecule has 0 amide bonds. The van der Waals surface area contributed by atoms with Crippen LogP contribution in [-0.4, -0.2) is 26.5 Å². The molecule has 42 heavy (non-hydrogen) atoms. The number of aryl methyl sites for hydroxylation is 1. The first kappa shape index (κ1) is 31.1. The number of halogens is 10. The van der Waals surface area contributed by atoms with Crippen LogP contribution in [0.15, 0.2) is 72.8 Å². The molecule has 5 aromatic rings. The van der Waals surface area contributed by atoms with E-state index in [1.165, 1.54) is 0 Å². The van der Waals surface area contributed by atoms with E-state index in [0.29, 0.717) is 20.1 Å². The number of fused-ring (bicyclic) bond motifs is 4. The van der Waals surface area contributed by atoms with Crippen LogP contribution in [0.25, 0.3) is 33.5 Å². The SMILES string of the molecule is CN1c2cccc(Cl)c2C(=Cc2c3c(Cl)cccc3[n+](C)c3cccc(Cl)c23)c2c(Cl)cccc21.[F][Sb-]([F])([F])([F])([F])[F]. The number of nitrogens with zero attached hydrogens (tertiary/aromatic N) is 2. The van der Waals surface area contributed by atoms with E-state index in [2.05, 4.69) is 39.8 Å². The Morgan fingerprint density at radius 3 is 1.38 bits per heavy atom. The van der Waals surface area contributed by atoms with Crippen molar-refractivity contribution < 1.29 is 21.4 Å². The van der Waals surface area contributed by atoms with E-state index in [4.69, 9.17) is 46.4 Å². The van der Waals surface area contributed by atoms with Crippen molar-refractivity contribution in [2.24, 2.45) is 7.05 Å². The Hall–Kier alpha value is -2.35. The molecular weight excluding hydrogens is 754 g/mol. The van der Waals surface area contributed by atoms with Crippen LogP contribution in [0.2, 0.25) is 20.1 Å². The van der Waals surface area contributed by atoms with Gasteiger partial charge in [-0.15, -0.1) is 0 Å². The topological polar surface area (TPSA) is 7.12 Å². The molecule has 0 bridgehead atoms. The van der Waals surface area contributed by atoms with Crippen LogP contribution in [0, 0.1) is 0 Å². The predicted octanol–water partition coefficient (Wildman–Crippen LogP) is 11.2. The maximum absolute atomic E-state index is 11.2. The van der Waals surface area contributed by atoms with Gasteiger partial charge in [0.15, 0.2) is 0 Å². The van der Waals surface area contributed by atoms with Gasteiger partial charge in [0, 0.05) is 35.9 Å². The third kappa shape index (κ3) is 6.29. The second-order valence-electron chi connectivity index (χ2n) is 9.58. The van der Waals surface area contributed by atoms with Gasteiger partial charge in [-0.1, -0.05) is 70.7 Å². The van der Waals surface area contributed by atoms with Crippen molar-refractivity contribution >= 4 is 111 Å². The summed E-state index contributed by atoms with van der Waals surface area (Å²) in [6, 6.07) is 23.8. The first-order chi connectivity index (χ1) is 19.3. The fourth-order valence-electron chi connectivity index (χ4n) is 5.18. The second kappa shape index (κ2) is 10.1. The van der Waals surface area contributed by atoms with E-state index in [1.54, 1.807) is 0 Å². The third-order valence-corrected chi connectivity index (χ3v) is 8.04. The molecule has 13 heteroatoms. The number of hydrogen-bond acceptors (Lipinski definition) is 1. The zero-order chi connectivity index (χ0) is 30.8. The summed E-state index contributed by atoms with van der Waals surface area (Å²) in [7, 11) is 4.06. The van der Waals surface area contributed by atoms with E-state index in [0.717, 1.165) is 55.4 Å². The summed E-state index contributed by atoms with van der Waals surface area (Å²) >= 11 is 16.1. The van der Waals surface area contributed by atoms with Gasteiger partial charge in [-0.25, -0.2) is 0 Å². The molecule has 0 saturated heterocycles. The molecule has 0 fully saturated rings. The molecule has 0 spiro atoms. The monoisotopic (exact) mass is 770 g/mol. The van der Waals surface area contributed by atoms with Crippen molar-refractivity contribution in [1.82, 2.24) is 0 Å². The van der Waals surface area contributed by atoms with Crippen LogP contribution in [-0.2, 0) is 7.05 Å². The molecule has 0 atom stereocenters. The Balaban J connectivity index is 0.000000451. The van der Waals surface area contributed by atoms with Gasteiger partial charge >= 0.3 is 36.4 Å². The molecular formula is C29H19Cl4F6N2Sb. The van der Waals surface area contributed by atoms with Crippen molar-refractivity contribution in [3.05, 3.63) is 110 Å². The zero-order valence-electron chi connectivity index (χ0n) is 21.6. The summed E-state index contributed by atoms with van der Waals surface area (Å²) in [5, 5.41) is 4.45. The summed E-state index contributed by atoms with van der Waals surface area (Å²) in [5.41, 5.74) is 7.73. The molecule has 4 aromatic carbocycles. The molecule has 0 N–H and O–H groups in total. The Morgan fingerprint density at radius 2 is 0.976 bits per heavy atom. The maximum atomic E-state index is 9.93. The zero-order valence-corrected chi connectivity index (χ0v) is 27.2. The summed E-state index contributed by atoms with van der Waals surface area (Å²) in [6.45, 7) is 0. The van der Waals surface area contributed by atoms with Crippen molar-refractivity contribution in [3.8, 4) is 0 Å². The quantitative estimate of drug-likeness (QED) is 0.0712. The fraction of sp³-hybridized carbons (Fsp3) is 0.0690. The predicted molar refractivity (Wildman–Crippen MR) is 163 cm³/mol. The van der Waals surface area contributed by atoms with Crippen LogP contribution < -0.4 is 9.47 Å². The van der Waals surface area contributed by atoms with Gasteiger partial charge < -0.3 is 4.90 Å². The van der Waals surface area contributed by atoms with Gasteiger partial charge in [0.1, 0.15) is 7.05 Å². The molecule has 220 valence electrons. The normalized spacial score (nSPS) is 14.5. The molecule has 1 aliphatic rings. The van der Waals surface area contributed by atoms with Crippen molar-refractivity contribution in [1.29, 1.82) is 0 Å². The third-order valence-electron chi connectivity index (χ3n) is 6.78. The Kier molecular flexibility index (Phi) is 7.47. The Bertz CT molecular complexity index is 1830. The van der Waals surface area contributed by atoms with E-state index >= 15 is 0 Å². The molecule has 1 aromatic heterocycles. The summed E-state index contributed by atoms with van der Waals surface area (Å²) in [5.74, 6) is 0. The summed E-state index contributed by atoms with van der Waals surface area (Å²) in [6.07, 6.45) is 2.14. The second-order valence-corrected chi connectivity index (χ2v) is 16.7. The number of rotatable bonds is 1. The average Bonchev–Trinajstić information content (AvgIpc) is 2.87. The van der Waals surface area contributed by atoms with E-state index < -0.39 is 19.5 Å². The van der Waals surface area contributed by atoms with Crippen LogP contribution >= 0.6 is 46.4 Å². The standard InChI is InChI=1S/C29H19Cl4N2.6FH.Sb/c1-34-22-11-3-7-18(30)26(22)16(27-19(31)8-4-12-23(27)34)15-17-28-20(32)9-5-13-24(28)35(2)25-14-6-10-21(33)29(17)25;;;;;;;/h3-15H,1-2H3;6*1H;/q+1;;;;;;;+5/p-6. The van der Waals surface area contributed by atoms with Gasteiger partial charge in [-0.05, 0) is 48.0 Å². The van der Waals surface area contributed by atoms with E-state index in [1.807, 2.05) is 62.6 Å². The van der Waals surface area contributed by atoms with Crippen LogP contribution in [0.5, 0.6) is 0 Å². The van der Waals surface area contributed by atoms with Gasteiger partial charge in [0.25, 0.3) is 0 Å². The Labute approximate surface area is 259 Å². The first-order valence-electron chi connectivity index (χ1n) is 12.1. The van der Waals surface area contributed by atoms with Gasteiger partial charge in [-0.3, -0.25) is 0 Å². The molecule has 2 nitrogen and oxygen atoms in total. The van der Waals surface area contributed by atoms with E-state index in [-0.39, 0.29) is 0 Å². The van der Waals surface area contributed by atoms with Crippen molar-refractivity contribution in [2.75, 3.05) is 11.9 Å². The summed E-state index contributed by atoms with van der Waals surface area (Å²) in [4.78, 5) is 2.13. The van der Waals surface area contributed by atoms with Crippen molar-refractivity contribution in [2.45, 2.75) is 0 Å². The number of anilines is 2.